The number of hydrogen-bond acceptors (Lipinski definition) is 1. The van der Waals surface area contributed by atoms with Gasteiger partial charge in [0.15, 0.2) is 0 Å². The monoisotopic (exact) mass is 232 g/mol. The molecule has 0 aromatic heterocycles. The third kappa shape index (κ3) is 4.93. The summed E-state index contributed by atoms with van der Waals surface area (Å²) >= 11 is 1.91. The highest BCUT2D eigenvalue weighted by Crippen LogP contribution is 2.25. The van der Waals surface area contributed by atoms with Crippen molar-refractivity contribution in [2.75, 3.05) is 12.0 Å². The van der Waals surface area contributed by atoms with Gasteiger partial charge >= 0.3 is 0 Å². The van der Waals surface area contributed by atoms with E-state index in [1.54, 1.807) is 5.57 Å². The van der Waals surface area contributed by atoms with E-state index in [2.05, 4.69) is 45.0 Å². The molecule has 86 valence electrons. The van der Waals surface area contributed by atoms with Crippen LogP contribution in [0.3, 0.4) is 0 Å². The van der Waals surface area contributed by atoms with E-state index in [9.17, 15) is 0 Å². The molecule has 0 saturated carbocycles. The average molecular weight is 232 g/mol. The Balaban J connectivity index is 2.45. The Morgan fingerprint density at radius 1 is 1.44 bits per heavy atom. The van der Waals surface area contributed by atoms with Crippen LogP contribution in [0.2, 0.25) is 6.32 Å². The van der Waals surface area contributed by atoms with E-state index < -0.39 is 0 Å². The summed E-state index contributed by atoms with van der Waals surface area (Å²) in [7, 11) is 2.15. The summed E-state index contributed by atoms with van der Waals surface area (Å²) in [6.45, 7) is 4.09. The Morgan fingerprint density at radius 3 is 2.69 bits per heavy atom. The molecular weight excluding hydrogens is 211 g/mol. The first-order chi connectivity index (χ1) is 7.76. The van der Waals surface area contributed by atoms with Gasteiger partial charge in [0.05, 0.1) is 0 Å². The summed E-state index contributed by atoms with van der Waals surface area (Å²) in [6.07, 6.45) is 15.7. The van der Waals surface area contributed by atoms with Gasteiger partial charge in [-0.2, -0.15) is 11.8 Å². The summed E-state index contributed by atoms with van der Waals surface area (Å²) in [5.74, 6) is 1.18. The van der Waals surface area contributed by atoms with Crippen molar-refractivity contribution < 1.29 is 0 Å². The second kappa shape index (κ2) is 7.62. The number of hydrogen-bond donors (Lipinski definition) is 0. The van der Waals surface area contributed by atoms with Crippen LogP contribution < -0.4 is 0 Å². The number of allylic oxidation sites excluding steroid dienone is 6. The third-order valence-corrected chi connectivity index (χ3v) is 3.35. The van der Waals surface area contributed by atoms with E-state index in [4.69, 9.17) is 0 Å². The van der Waals surface area contributed by atoms with E-state index in [-0.39, 0.29) is 0 Å². The van der Waals surface area contributed by atoms with E-state index in [1.807, 2.05) is 11.8 Å². The quantitative estimate of drug-likeness (QED) is 0.498. The Labute approximate surface area is 105 Å². The molecule has 0 radical (unpaired) electrons. The summed E-state index contributed by atoms with van der Waals surface area (Å²) < 4.78 is 0. The lowest BCUT2D eigenvalue weighted by molar-refractivity contribution is 0.874. The molecule has 0 amide bonds. The van der Waals surface area contributed by atoms with Gasteiger partial charge in [0.1, 0.15) is 7.85 Å². The van der Waals surface area contributed by atoms with Crippen molar-refractivity contribution in [3.05, 3.63) is 47.6 Å². The van der Waals surface area contributed by atoms with Gasteiger partial charge < -0.3 is 0 Å². The molecule has 16 heavy (non-hydrogen) atoms. The average Bonchev–Trinajstić information content (AvgIpc) is 2.29. The van der Waals surface area contributed by atoms with Crippen LogP contribution in [0.4, 0.5) is 0 Å². The molecular formula is C14H21BS. The normalized spacial score (nSPS) is 16.1. The van der Waals surface area contributed by atoms with Crippen LogP contribution in [-0.2, 0) is 0 Å². The zero-order valence-corrected chi connectivity index (χ0v) is 11.3. The molecule has 2 heteroatoms. The van der Waals surface area contributed by atoms with Gasteiger partial charge in [-0.25, -0.2) is 0 Å². The minimum atomic E-state index is 1.04. The molecule has 1 rings (SSSR count). The van der Waals surface area contributed by atoms with Crippen molar-refractivity contribution in [1.82, 2.24) is 0 Å². The van der Waals surface area contributed by atoms with Crippen molar-refractivity contribution in [2.24, 2.45) is 0 Å². The summed E-state index contributed by atoms with van der Waals surface area (Å²) in [5.41, 5.74) is 4.33. The van der Waals surface area contributed by atoms with Gasteiger partial charge in [-0.15, -0.1) is 0 Å². The standard InChI is InChI=1S/C14H21BS/c1-12(4-3-9-15)10-13-5-7-14(8-6-13)11-16-2/h3-5,7H,1,6,8-11,15H2,2H3/b4-3+. The fourth-order valence-electron chi connectivity index (χ4n) is 1.81. The van der Waals surface area contributed by atoms with Crippen LogP contribution in [-0.4, -0.2) is 19.9 Å². The molecule has 0 aromatic carbocycles. The molecule has 0 unspecified atom stereocenters. The van der Waals surface area contributed by atoms with E-state index >= 15 is 0 Å². The molecule has 0 atom stereocenters. The van der Waals surface area contributed by atoms with Crippen molar-refractivity contribution in [3.8, 4) is 0 Å². The van der Waals surface area contributed by atoms with Crippen molar-refractivity contribution in [1.29, 1.82) is 0 Å². The molecule has 0 fully saturated rings. The van der Waals surface area contributed by atoms with Crippen molar-refractivity contribution in [3.63, 3.8) is 0 Å². The Hall–Kier alpha value is -0.625. The molecule has 1 aliphatic rings. The highest BCUT2D eigenvalue weighted by atomic mass is 32.2. The van der Waals surface area contributed by atoms with Gasteiger partial charge in [0.2, 0.25) is 0 Å². The van der Waals surface area contributed by atoms with Crippen LogP contribution in [0, 0.1) is 0 Å². The van der Waals surface area contributed by atoms with Gasteiger partial charge in [-0.1, -0.05) is 53.9 Å². The van der Waals surface area contributed by atoms with Crippen LogP contribution in [0.25, 0.3) is 0 Å². The van der Waals surface area contributed by atoms with Gasteiger partial charge in [0.25, 0.3) is 0 Å². The Kier molecular flexibility index (Phi) is 6.40. The SMILES string of the molecule is BC/C=C/C(=C)CC1=CC=C(CSC)CC1. The van der Waals surface area contributed by atoms with Crippen LogP contribution in [0.5, 0.6) is 0 Å². The van der Waals surface area contributed by atoms with E-state index in [0.717, 1.165) is 12.7 Å². The second-order valence-corrected chi connectivity index (χ2v) is 5.09. The smallest absolute Gasteiger partial charge is 0.106 e. The molecule has 0 nitrogen and oxygen atoms in total. The first kappa shape index (κ1) is 13.4. The highest BCUT2D eigenvalue weighted by Gasteiger charge is 2.06. The molecule has 0 heterocycles. The van der Waals surface area contributed by atoms with E-state index in [0.29, 0.717) is 0 Å². The maximum Gasteiger partial charge on any atom is 0.106 e. The lowest BCUT2D eigenvalue weighted by atomic mass is 9.94. The maximum absolute atomic E-state index is 4.09. The van der Waals surface area contributed by atoms with Gasteiger partial charge in [-0.05, 0) is 25.5 Å². The molecule has 0 N–H and O–H groups in total. The summed E-state index contributed by atoms with van der Waals surface area (Å²) in [5, 5.41) is 0. The van der Waals surface area contributed by atoms with Gasteiger partial charge in [0, 0.05) is 5.75 Å². The second-order valence-electron chi connectivity index (χ2n) is 4.23. The maximum atomic E-state index is 4.09. The fourth-order valence-corrected chi connectivity index (χ4v) is 2.42. The van der Waals surface area contributed by atoms with Gasteiger partial charge in [-0.3, -0.25) is 0 Å². The first-order valence-electron chi connectivity index (χ1n) is 5.97. The third-order valence-electron chi connectivity index (χ3n) is 2.70. The lowest BCUT2D eigenvalue weighted by Gasteiger charge is -2.14. The minimum Gasteiger partial charge on any atom is -0.161 e. The summed E-state index contributed by atoms with van der Waals surface area (Å²) in [4.78, 5) is 0. The summed E-state index contributed by atoms with van der Waals surface area (Å²) in [6, 6.07) is 0. The van der Waals surface area contributed by atoms with E-state index in [1.165, 1.54) is 29.7 Å². The largest absolute Gasteiger partial charge is 0.161 e. The van der Waals surface area contributed by atoms with Crippen molar-refractivity contribution >= 4 is 19.6 Å². The Bertz CT molecular complexity index is 324. The van der Waals surface area contributed by atoms with Crippen molar-refractivity contribution in [2.45, 2.75) is 25.6 Å². The first-order valence-corrected chi connectivity index (χ1v) is 7.36. The topological polar surface area (TPSA) is 0 Å². The predicted molar refractivity (Wildman–Crippen MR) is 80.0 cm³/mol. The number of rotatable bonds is 6. The zero-order chi connectivity index (χ0) is 11.8. The molecule has 0 spiro atoms. The van der Waals surface area contributed by atoms with Crippen LogP contribution >= 0.6 is 11.8 Å². The molecule has 0 bridgehead atoms. The highest BCUT2D eigenvalue weighted by molar-refractivity contribution is 7.98. The zero-order valence-electron chi connectivity index (χ0n) is 10.5. The lowest BCUT2D eigenvalue weighted by Crippen LogP contribution is -1.96. The fraction of sp³-hybridized carbons (Fsp3) is 0.429. The predicted octanol–water partition coefficient (Wildman–Crippen LogP) is 3.55. The van der Waals surface area contributed by atoms with Crippen LogP contribution in [0.1, 0.15) is 19.3 Å². The Morgan fingerprint density at radius 2 is 2.12 bits per heavy atom. The minimum absolute atomic E-state index is 1.04. The number of thioether (sulfide) groups is 1. The molecule has 0 aliphatic heterocycles. The molecule has 1 aliphatic carbocycles. The molecule has 0 saturated heterocycles. The molecule has 0 aromatic rings. The van der Waals surface area contributed by atoms with Crippen LogP contribution in [0.15, 0.2) is 47.6 Å².